The molecule has 1 amide bonds. The Hall–Kier alpha value is -2.96. The van der Waals surface area contributed by atoms with Gasteiger partial charge < -0.3 is 16.2 Å². The second kappa shape index (κ2) is 5.35. The minimum atomic E-state index is -1.03. The molecule has 0 fully saturated rings. The fourth-order valence-electron chi connectivity index (χ4n) is 1.68. The molecule has 0 radical (unpaired) electrons. The summed E-state index contributed by atoms with van der Waals surface area (Å²) in [6, 6.07) is 4.80. The van der Waals surface area contributed by atoms with E-state index in [2.05, 4.69) is 15.3 Å². The lowest BCUT2D eigenvalue weighted by Gasteiger charge is -2.09. The smallest absolute Gasteiger partial charge is 0.336 e. The van der Waals surface area contributed by atoms with Gasteiger partial charge in [-0.3, -0.25) is 4.79 Å². The minimum absolute atomic E-state index is 0.00931. The molecule has 0 unspecified atom stereocenters. The lowest BCUT2D eigenvalue weighted by molar-refractivity contribution is 0.0696. The zero-order valence-electron chi connectivity index (χ0n) is 10.6. The van der Waals surface area contributed by atoms with E-state index in [1.54, 1.807) is 19.1 Å². The second-order valence-electron chi connectivity index (χ2n) is 4.08. The molecule has 7 heteroatoms. The Morgan fingerprint density at radius 2 is 1.95 bits per heavy atom. The first-order valence-electron chi connectivity index (χ1n) is 5.71. The van der Waals surface area contributed by atoms with E-state index in [1.807, 2.05) is 0 Å². The van der Waals surface area contributed by atoms with E-state index in [4.69, 9.17) is 10.8 Å². The predicted octanol–water partition coefficient (Wildman–Crippen LogP) is 1.33. The third-order valence-corrected chi connectivity index (χ3v) is 2.66. The number of aromatic carboxylic acids is 1. The molecule has 2 aromatic rings. The molecule has 1 aromatic heterocycles. The van der Waals surface area contributed by atoms with Gasteiger partial charge in [-0.05, 0) is 24.6 Å². The van der Waals surface area contributed by atoms with Gasteiger partial charge in [0.2, 0.25) is 0 Å². The van der Waals surface area contributed by atoms with Crippen LogP contribution in [-0.4, -0.2) is 27.0 Å². The van der Waals surface area contributed by atoms with Crippen molar-refractivity contribution in [2.45, 2.75) is 6.92 Å². The summed E-state index contributed by atoms with van der Waals surface area (Å²) in [5, 5.41) is 11.9. The van der Waals surface area contributed by atoms with Crippen molar-refractivity contribution in [3.05, 3.63) is 47.4 Å². The van der Waals surface area contributed by atoms with Crippen LogP contribution >= 0.6 is 0 Å². The van der Waals surface area contributed by atoms with Gasteiger partial charge in [0.1, 0.15) is 0 Å². The van der Waals surface area contributed by atoms with Crippen LogP contribution in [0.2, 0.25) is 0 Å². The van der Waals surface area contributed by atoms with Crippen LogP contribution in [0.25, 0.3) is 0 Å². The first-order valence-corrected chi connectivity index (χ1v) is 5.71. The molecule has 1 aromatic carbocycles. The Morgan fingerprint density at radius 3 is 2.60 bits per heavy atom. The standard InChI is InChI=1S/C13H12N4O3/c1-7-2-3-8(6-9(7)13(19)20)17-12-10(11(14)18)15-4-5-16-12/h2-6H,1H3,(H2,14,18)(H,16,17)(H,19,20). The van der Waals surface area contributed by atoms with Crippen molar-refractivity contribution in [3.8, 4) is 0 Å². The third kappa shape index (κ3) is 2.72. The molecule has 0 aliphatic rings. The summed E-state index contributed by atoms with van der Waals surface area (Å²) in [6.07, 6.45) is 2.75. The van der Waals surface area contributed by atoms with Crippen LogP contribution in [0.3, 0.4) is 0 Å². The van der Waals surface area contributed by atoms with Crippen LogP contribution in [0, 0.1) is 6.92 Å². The van der Waals surface area contributed by atoms with Crippen molar-refractivity contribution in [3.63, 3.8) is 0 Å². The lowest BCUT2D eigenvalue weighted by atomic mass is 10.1. The van der Waals surface area contributed by atoms with E-state index >= 15 is 0 Å². The summed E-state index contributed by atoms with van der Waals surface area (Å²) in [4.78, 5) is 30.1. The monoisotopic (exact) mass is 272 g/mol. The number of rotatable bonds is 4. The molecule has 2 rings (SSSR count). The predicted molar refractivity (Wildman–Crippen MR) is 72.0 cm³/mol. The van der Waals surface area contributed by atoms with Crippen LogP contribution in [0.1, 0.15) is 26.4 Å². The minimum Gasteiger partial charge on any atom is -0.478 e. The highest BCUT2D eigenvalue weighted by Crippen LogP contribution is 2.20. The van der Waals surface area contributed by atoms with Gasteiger partial charge in [0.25, 0.3) is 5.91 Å². The molecule has 0 spiro atoms. The Kier molecular flexibility index (Phi) is 3.60. The zero-order valence-corrected chi connectivity index (χ0v) is 10.6. The molecular formula is C13H12N4O3. The number of hydrogen-bond donors (Lipinski definition) is 3. The van der Waals surface area contributed by atoms with Gasteiger partial charge in [0.15, 0.2) is 11.5 Å². The fraction of sp³-hybridized carbons (Fsp3) is 0.0769. The number of amides is 1. The zero-order chi connectivity index (χ0) is 14.7. The summed E-state index contributed by atoms with van der Waals surface area (Å²) in [6.45, 7) is 1.70. The van der Waals surface area contributed by atoms with Crippen LogP contribution < -0.4 is 11.1 Å². The van der Waals surface area contributed by atoms with E-state index < -0.39 is 11.9 Å². The van der Waals surface area contributed by atoms with Crippen LogP contribution in [0.5, 0.6) is 0 Å². The largest absolute Gasteiger partial charge is 0.478 e. The topological polar surface area (TPSA) is 118 Å². The Labute approximate surface area is 114 Å². The fourth-order valence-corrected chi connectivity index (χ4v) is 1.68. The van der Waals surface area contributed by atoms with Crippen molar-refractivity contribution in [2.75, 3.05) is 5.32 Å². The van der Waals surface area contributed by atoms with Gasteiger partial charge in [-0.15, -0.1) is 0 Å². The van der Waals surface area contributed by atoms with Gasteiger partial charge in [0, 0.05) is 18.1 Å². The summed E-state index contributed by atoms with van der Waals surface area (Å²) in [7, 11) is 0. The lowest BCUT2D eigenvalue weighted by Crippen LogP contribution is -2.16. The van der Waals surface area contributed by atoms with Crippen molar-refractivity contribution in [2.24, 2.45) is 5.73 Å². The van der Waals surface area contributed by atoms with Crippen LogP contribution in [0.4, 0.5) is 11.5 Å². The molecule has 0 atom stereocenters. The first-order chi connectivity index (χ1) is 9.49. The molecule has 0 aliphatic carbocycles. The van der Waals surface area contributed by atoms with Gasteiger partial charge in [0.05, 0.1) is 5.56 Å². The van der Waals surface area contributed by atoms with Gasteiger partial charge in [-0.25, -0.2) is 14.8 Å². The summed E-state index contributed by atoms with van der Waals surface area (Å²) in [5.74, 6) is -1.56. The van der Waals surface area contributed by atoms with Crippen LogP contribution in [-0.2, 0) is 0 Å². The number of carbonyl (C=O) groups excluding carboxylic acids is 1. The quantitative estimate of drug-likeness (QED) is 0.772. The Bertz CT molecular complexity index is 685. The third-order valence-electron chi connectivity index (χ3n) is 2.66. The number of aromatic nitrogens is 2. The number of carboxylic acid groups (broad SMARTS) is 1. The maximum atomic E-state index is 11.2. The highest BCUT2D eigenvalue weighted by Gasteiger charge is 2.12. The Morgan fingerprint density at radius 1 is 1.25 bits per heavy atom. The summed E-state index contributed by atoms with van der Waals surface area (Å²) < 4.78 is 0. The molecule has 20 heavy (non-hydrogen) atoms. The van der Waals surface area contributed by atoms with E-state index in [0.29, 0.717) is 11.3 Å². The number of anilines is 2. The van der Waals surface area contributed by atoms with Crippen LogP contribution in [0.15, 0.2) is 30.6 Å². The molecule has 4 N–H and O–H groups in total. The molecule has 0 bridgehead atoms. The van der Waals surface area contributed by atoms with Crippen molar-refractivity contribution in [1.29, 1.82) is 0 Å². The van der Waals surface area contributed by atoms with Gasteiger partial charge >= 0.3 is 5.97 Å². The maximum Gasteiger partial charge on any atom is 0.336 e. The number of carbonyl (C=O) groups is 2. The van der Waals surface area contributed by atoms with E-state index in [9.17, 15) is 9.59 Å². The molecule has 102 valence electrons. The molecule has 0 saturated heterocycles. The molecule has 1 heterocycles. The number of primary amides is 1. The number of nitrogens with one attached hydrogen (secondary N) is 1. The average Bonchev–Trinajstić information content (AvgIpc) is 2.41. The maximum absolute atomic E-state index is 11.2. The summed E-state index contributed by atoms with van der Waals surface area (Å²) in [5.41, 5.74) is 6.47. The molecule has 0 aliphatic heterocycles. The number of hydrogen-bond acceptors (Lipinski definition) is 5. The number of aryl methyl sites for hydroxylation is 1. The van der Waals surface area contributed by atoms with Crippen molar-refractivity contribution >= 4 is 23.4 Å². The van der Waals surface area contributed by atoms with Crippen molar-refractivity contribution < 1.29 is 14.7 Å². The van der Waals surface area contributed by atoms with Gasteiger partial charge in [-0.1, -0.05) is 6.07 Å². The van der Waals surface area contributed by atoms with E-state index in [1.165, 1.54) is 18.5 Å². The van der Waals surface area contributed by atoms with Crippen molar-refractivity contribution in [1.82, 2.24) is 9.97 Å². The number of nitrogens with zero attached hydrogens (tertiary/aromatic N) is 2. The van der Waals surface area contributed by atoms with E-state index in [0.717, 1.165) is 0 Å². The average molecular weight is 272 g/mol. The second-order valence-corrected chi connectivity index (χ2v) is 4.08. The number of carboxylic acids is 1. The Balaban J connectivity index is 2.38. The number of benzene rings is 1. The highest BCUT2D eigenvalue weighted by molar-refractivity contribution is 5.96. The first kappa shape index (κ1) is 13.5. The normalized spacial score (nSPS) is 10.1. The van der Waals surface area contributed by atoms with E-state index in [-0.39, 0.29) is 17.1 Å². The highest BCUT2D eigenvalue weighted by atomic mass is 16.4. The SMILES string of the molecule is Cc1ccc(Nc2nccnc2C(N)=O)cc1C(=O)O. The van der Waals surface area contributed by atoms with Gasteiger partial charge in [-0.2, -0.15) is 0 Å². The molecular weight excluding hydrogens is 260 g/mol. The molecule has 0 saturated carbocycles. The summed E-state index contributed by atoms with van der Waals surface area (Å²) >= 11 is 0. The number of nitrogens with two attached hydrogens (primary N) is 1. The molecule has 7 nitrogen and oxygen atoms in total.